The number of aliphatic carboxylic acids is 1. The summed E-state index contributed by atoms with van der Waals surface area (Å²) in [5, 5.41) is 9.73. The number of benzene rings is 3. The number of halogens is 3. The molecule has 0 bridgehead atoms. The van der Waals surface area contributed by atoms with Gasteiger partial charge in [0.05, 0.1) is 11.4 Å². The Morgan fingerprint density at radius 1 is 0.818 bits per heavy atom. The van der Waals surface area contributed by atoms with Crippen LogP contribution in [0.3, 0.4) is 0 Å². The van der Waals surface area contributed by atoms with Crippen molar-refractivity contribution in [1.82, 2.24) is 9.55 Å². The monoisotopic (exact) mass is 586 g/mol. The molecule has 0 fully saturated rings. The van der Waals surface area contributed by atoms with Crippen molar-refractivity contribution in [2.24, 2.45) is 0 Å². The first-order chi connectivity index (χ1) is 15.9. The van der Waals surface area contributed by atoms with Gasteiger partial charge in [-0.05, 0) is 61.4 Å². The van der Waals surface area contributed by atoms with E-state index in [1.54, 1.807) is 0 Å². The van der Waals surface area contributed by atoms with Gasteiger partial charge >= 0.3 is 5.97 Å². The van der Waals surface area contributed by atoms with Gasteiger partial charge in [0.25, 0.3) is 0 Å². The summed E-state index contributed by atoms with van der Waals surface area (Å²) >= 11 is 13.2. The fraction of sp³-hybridized carbons (Fsp3) is 0.154. The Bertz CT molecular complexity index is 1250. The van der Waals surface area contributed by atoms with E-state index < -0.39 is 5.97 Å². The fourth-order valence-electron chi connectivity index (χ4n) is 3.75. The van der Waals surface area contributed by atoms with E-state index in [4.69, 9.17) is 21.7 Å². The molecule has 0 unspecified atom stereocenters. The van der Waals surface area contributed by atoms with Gasteiger partial charge in [-0.1, -0.05) is 67.7 Å². The van der Waals surface area contributed by atoms with E-state index in [1.165, 1.54) is 0 Å². The van der Waals surface area contributed by atoms with Gasteiger partial charge in [-0.2, -0.15) is 0 Å². The number of imidazole rings is 1. The third kappa shape index (κ3) is 5.75. The maximum atomic E-state index is 11.0. The van der Waals surface area contributed by atoms with Gasteiger partial charge in [0.15, 0.2) is 0 Å². The van der Waals surface area contributed by atoms with Gasteiger partial charge in [0.1, 0.15) is 5.82 Å². The second-order valence-electron chi connectivity index (χ2n) is 7.66. The summed E-state index contributed by atoms with van der Waals surface area (Å²) in [6.45, 7) is 0.653. The van der Waals surface area contributed by atoms with Gasteiger partial charge < -0.3 is 9.67 Å². The maximum absolute atomic E-state index is 11.0. The molecule has 0 saturated heterocycles. The van der Waals surface area contributed by atoms with Crippen LogP contribution in [0.1, 0.15) is 19.3 Å². The standard InChI is InChI=1S/C26H21Br2ClN2O2/c27-20-10-4-17(5-11-20)24-25(18-6-12-21(28)13-7-18)31(16-2-1-3-23(32)33)26(30-24)19-8-14-22(29)15-9-19/h4-15H,1-3,16H2,(H,32,33). The number of aromatic nitrogens is 2. The zero-order chi connectivity index (χ0) is 23.4. The van der Waals surface area contributed by atoms with E-state index >= 15 is 0 Å². The van der Waals surface area contributed by atoms with Crippen LogP contribution in [0.4, 0.5) is 0 Å². The molecule has 1 N–H and O–H groups in total. The number of carboxylic acid groups (broad SMARTS) is 1. The second-order valence-corrected chi connectivity index (χ2v) is 9.92. The van der Waals surface area contributed by atoms with Crippen LogP contribution in [-0.2, 0) is 11.3 Å². The highest BCUT2D eigenvalue weighted by molar-refractivity contribution is 9.10. The molecule has 1 heterocycles. The Labute approximate surface area is 214 Å². The topological polar surface area (TPSA) is 55.1 Å². The van der Waals surface area contributed by atoms with Crippen molar-refractivity contribution in [3.63, 3.8) is 0 Å². The van der Waals surface area contributed by atoms with Crippen molar-refractivity contribution in [2.75, 3.05) is 0 Å². The molecular weight excluding hydrogens is 568 g/mol. The summed E-state index contributed by atoms with van der Waals surface area (Å²) in [6.07, 6.45) is 1.48. The van der Waals surface area contributed by atoms with Crippen LogP contribution in [-0.4, -0.2) is 20.6 Å². The quantitative estimate of drug-likeness (QED) is 0.211. The number of hydrogen-bond donors (Lipinski definition) is 1. The lowest BCUT2D eigenvalue weighted by Gasteiger charge is -2.14. The Morgan fingerprint density at radius 3 is 1.94 bits per heavy atom. The summed E-state index contributed by atoms with van der Waals surface area (Å²) in [7, 11) is 0. The molecule has 0 aliphatic carbocycles. The molecule has 3 aromatic carbocycles. The van der Waals surface area contributed by atoms with Crippen LogP contribution in [0.5, 0.6) is 0 Å². The molecule has 4 nitrogen and oxygen atoms in total. The predicted molar refractivity (Wildman–Crippen MR) is 140 cm³/mol. The van der Waals surface area contributed by atoms with Crippen LogP contribution in [0, 0.1) is 0 Å². The van der Waals surface area contributed by atoms with Crippen LogP contribution >= 0.6 is 43.5 Å². The zero-order valence-electron chi connectivity index (χ0n) is 17.6. The maximum Gasteiger partial charge on any atom is 0.303 e. The molecule has 7 heteroatoms. The third-order valence-corrected chi connectivity index (χ3v) is 6.64. The van der Waals surface area contributed by atoms with E-state index in [9.17, 15) is 4.79 Å². The SMILES string of the molecule is O=C(O)CCCCn1c(-c2ccc(Cl)cc2)nc(-c2ccc(Br)cc2)c1-c1ccc(Br)cc1. The van der Waals surface area contributed by atoms with E-state index in [0.29, 0.717) is 18.0 Å². The molecular formula is C26H21Br2ClN2O2. The van der Waals surface area contributed by atoms with Gasteiger partial charge in [-0.25, -0.2) is 4.98 Å². The molecule has 0 saturated carbocycles. The Hall–Kier alpha value is -2.41. The average Bonchev–Trinajstić information content (AvgIpc) is 3.17. The Kier molecular flexibility index (Phi) is 7.68. The average molecular weight is 589 g/mol. The molecule has 0 amide bonds. The molecule has 4 aromatic rings. The van der Waals surface area contributed by atoms with Gasteiger partial charge in [-0.15, -0.1) is 0 Å². The Balaban J connectivity index is 1.90. The van der Waals surface area contributed by atoms with Crippen molar-refractivity contribution in [3.8, 4) is 33.9 Å². The predicted octanol–water partition coefficient (Wildman–Crippen LogP) is 8.32. The van der Waals surface area contributed by atoms with Crippen molar-refractivity contribution in [2.45, 2.75) is 25.8 Å². The first-order valence-electron chi connectivity index (χ1n) is 10.5. The van der Waals surface area contributed by atoms with Gasteiger partial charge in [0, 0.05) is 43.6 Å². The van der Waals surface area contributed by atoms with Crippen LogP contribution in [0.25, 0.3) is 33.9 Å². The first-order valence-corrected chi connectivity index (χ1v) is 12.5. The summed E-state index contributed by atoms with van der Waals surface area (Å²) < 4.78 is 4.20. The minimum absolute atomic E-state index is 0.151. The van der Waals surface area contributed by atoms with Crippen LogP contribution in [0.2, 0.25) is 5.02 Å². The Morgan fingerprint density at radius 2 is 1.36 bits per heavy atom. The van der Waals surface area contributed by atoms with E-state index in [0.717, 1.165) is 49.3 Å². The molecule has 0 radical (unpaired) electrons. The molecule has 0 aliphatic heterocycles. The van der Waals surface area contributed by atoms with Crippen molar-refractivity contribution in [1.29, 1.82) is 0 Å². The number of hydrogen-bond acceptors (Lipinski definition) is 2. The first kappa shape index (κ1) is 23.7. The molecule has 1 aromatic heterocycles. The number of carbonyl (C=O) groups is 1. The highest BCUT2D eigenvalue weighted by Gasteiger charge is 2.21. The molecule has 0 spiro atoms. The number of rotatable bonds is 8. The number of carboxylic acids is 1. The smallest absolute Gasteiger partial charge is 0.303 e. The lowest BCUT2D eigenvalue weighted by Crippen LogP contribution is -2.04. The van der Waals surface area contributed by atoms with Crippen molar-refractivity contribution in [3.05, 3.63) is 86.8 Å². The number of nitrogens with zero attached hydrogens (tertiary/aromatic N) is 2. The van der Waals surface area contributed by atoms with Crippen LogP contribution in [0.15, 0.2) is 81.7 Å². The minimum atomic E-state index is -0.776. The number of unbranched alkanes of at least 4 members (excludes halogenated alkanes) is 1. The molecule has 0 atom stereocenters. The minimum Gasteiger partial charge on any atom is -0.481 e. The molecule has 4 rings (SSSR count). The summed E-state index contributed by atoms with van der Waals surface area (Å²) in [5.41, 5.74) is 4.90. The normalized spacial score (nSPS) is 11.0. The lowest BCUT2D eigenvalue weighted by molar-refractivity contribution is -0.137. The van der Waals surface area contributed by atoms with Crippen molar-refractivity contribution >= 4 is 49.4 Å². The molecule has 168 valence electrons. The summed E-state index contributed by atoms with van der Waals surface area (Å²) in [5.74, 6) is 0.0556. The van der Waals surface area contributed by atoms with Gasteiger partial charge in [0.2, 0.25) is 0 Å². The third-order valence-electron chi connectivity index (χ3n) is 5.33. The fourth-order valence-corrected chi connectivity index (χ4v) is 4.40. The highest BCUT2D eigenvalue weighted by atomic mass is 79.9. The zero-order valence-corrected chi connectivity index (χ0v) is 21.6. The van der Waals surface area contributed by atoms with E-state index in [1.807, 2.05) is 48.5 Å². The summed E-state index contributed by atoms with van der Waals surface area (Å²) in [6, 6.07) is 24.0. The molecule has 33 heavy (non-hydrogen) atoms. The largest absolute Gasteiger partial charge is 0.481 e. The van der Waals surface area contributed by atoms with Gasteiger partial charge in [-0.3, -0.25) is 4.79 Å². The highest BCUT2D eigenvalue weighted by Crippen LogP contribution is 2.37. The van der Waals surface area contributed by atoms with E-state index in [-0.39, 0.29) is 6.42 Å². The lowest BCUT2D eigenvalue weighted by atomic mass is 10.0. The van der Waals surface area contributed by atoms with Crippen LogP contribution < -0.4 is 0 Å². The second kappa shape index (κ2) is 10.7. The van der Waals surface area contributed by atoms with E-state index in [2.05, 4.69) is 60.7 Å². The summed E-state index contributed by atoms with van der Waals surface area (Å²) in [4.78, 5) is 16.1. The molecule has 0 aliphatic rings. The van der Waals surface area contributed by atoms with Crippen molar-refractivity contribution < 1.29 is 9.90 Å².